The zero-order chi connectivity index (χ0) is 45.3. The fourth-order valence-electron chi connectivity index (χ4n) is 6.06. The number of amides is 5. The van der Waals surface area contributed by atoms with E-state index in [2.05, 4.69) is 38.8 Å². The maximum atomic E-state index is 12.6. The van der Waals surface area contributed by atoms with Crippen molar-refractivity contribution in [2.75, 3.05) is 46.0 Å². The number of aliphatic hydroxyl groups excluding tert-OH is 2. The van der Waals surface area contributed by atoms with Crippen molar-refractivity contribution < 1.29 is 58.7 Å². The number of carbonyl (C=O) groups excluding carboxylic acids is 5. The van der Waals surface area contributed by atoms with Gasteiger partial charge < -0.3 is 62.8 Å². The molecular formula is C42H71N7O12. The van der Waals surface area contributed by atoms with Crippen molar-refractivity contribution in [1.82, 2.24) is 31.9 Å². The largest absolute Gasteiger partial charge is 0.494 e. The summed E-state index contributed by atoms with van der Waals surface area (Å²) in [5.41, 5.74) is 6.30. The SMILES string of the molecule is CCCCNCC(N)CCCCNC(=O)C(CO)NC(=O)CNC(=O)C(CO)NC(=O)CCC(NC(=O)CCCCCCCCCCCOc1ccc(C(=O)O)cc1)C(=O)O. The lowest BCUT2D eigenvalue weighted by molar-refractivity contribution is -0.142. The van der Waals surface area contributed by atoms with Crippen LogP contribution in [0.3, 0.4) is 0 Å². The number of hydrogen-bond acceptors (Lipinski definition) is 12. The molecule has 0 heterocycles. The molecule has 0 aliphatic heterocycles. The topological polar surface area (TPSA) is 308 Å². The van der Waals surface area contributed by atoms with Gasteiger partial charge in [0.25, 0.3) is 0 Å². The Labute approximate surface area is 359 Å². The number of aromatic carboxylic acids is 1. The lowest BCUT2D eigenvalue weighted by atomic mass is 10.1. The molecule has 4 unspecified atom stereocenters. The van der Waals surface area contributed by atoms with Gasteiger partial charge in [-0.1, -0.05) is 64.7 Å². The van der Waals surface area contributed by atoms with Crippen molar-refractivity contribution in [2.45, 2.75) is 140 Å². The lowest BCUT2D eigenvalue weighted by Crippen LogP contribution is -2.54. The summed E-state index contributed by atoms with van der Waals surface area (Å²) in [6.07, 6.45) is 12.3. The highest BCUT2D eigenvalue weighted by Crippen LogP contribution is 2.14. The molecule has 61 heavy (non-hydrogen) atoms. The Morgan fingerprint density at radius 3 is 1.77 bits per heavy atom. The number of nitrogens with two attached hydrogens (primary N) is 1. The zero-order valence-electron chi connectivity index (χ0n) is 35.7. The molecule has 0 aromatic heterocycles. The van der Waals surface area contributed by atoms with Gasteiger partial charge in [0.05, 0.1) is 31.9 Å². The Morgan fingerprint density at radius 2 is 1.18 bits per heavy atom. The number of ether oxygens (including phenoxy) is 1. The molecule has 12 N–H and O–H groups in total. The Balaban J connectivity index is 2.23. The first kappa shape index (κ1) is 54.2. The molecule has 0 bridgehead atoms. The summed E-state index contributed by atoms with van der Waals surface area (Å²) in [5, 5.41) is 53.0. The van der Waals surface area contributed by atoms with E-state index in [1.165, 1.54) is 12.1 Å². The fraction of sp³-hybridized carbons (Fsp3) is 0.690. The molecule has 5 amide bonds. The molecule has 19 heteroatoms. The van der Waals surface area contributed by atoms with Crippen LogP contribution in [0.4, 0.5) is 0 Å². The van der Waals surface area contributed by atoms with Crippen LogP contribution in [0.1, 0.15) is 126 Å². The number of hydrogen-bond donors (Lipinski definition) is 11. The van der Waals surface area contributed by atoms with Crippen molar-refractivity contribution in [3.63, 3.8) is 0 Å². The van der Waals surface area contributed by atoms with Gasteiger partial charge >= 0.3 is 11.9 Å². The highest BCUT2D eigenvalue weighted by Gasteiger charge is 2.25. The van der Waals surface area contributed by atoms with Gasteiger partial charge in [-0.25, -0.2) is 9.59 Å². The van der Waals surface area contributed by atoms with Gasteiger partial charge in [0.15, 0.2) is 0 Å². The summed E-state index contributed by atoms with van der Waals surface area (Å²) >= 11 is 0. The number of carboxylic acids is 2. The lowest BCUT2D eigenvalue weighted by Gasteiger charge is -2.19. The van der Waals surface area contributed by atoms with Crippen LogP contribution in [0, 0.1) is 0 Å². The van der Waals surface area contributed by atoms with Crippen LogP contribution in [-0.2, 0) is 28.8 Å². The molecule has 1 aromatic rings. The minimum atomic E-state index is -1.46. The van der Waals surface area contributed by atoms with Gasteiger partial charge in [-0.3, -0.25) is 24.0 Å². The van der Waals surface area contributed by atoms with Gasteiger partial charge in [0.1, 0.15) is 23.9 Å². The molecule has 4 atom stereocenters. The minimum absolute atomic E-state index is 0.00129. The van der Waals surface area contributed by atoms with Gasteiger partial charge in [-0.15, -0.1) is 0 Å². The first-order valence-corrected chi connectivity index (χ1v) is 21.6. The molecule has 0 aliphatic rings. The Kier molecular flexibility index (Phi) is 30.0. The average Bonchev–Trinajstić information content (AvgIpc) is 3.24. The maximum Gasteiger partial charge on any atom is 0.335 e. The second-order valence-corrected chi connectivity index (χ2v) is 15.0. The van der Waals surface area contributed by atoms with Crippen LogP contribution in [-0.4, -0.2) is 132 Å². The van der Waals surface area contributed by atoms with Crippen molar-refractivity contribution in [3.05, 3.63) is 29.8 Å². The summed E-state index contributed by atoms with van der Waals surface area (Å²) in [7, 11) is 0. The molecule has 19 nitrogen and oxygen atoms in total. The molecule has 0 aliphatic carbocycles. The number of rotatable bonds is 37. The second kappa shape index (κ2) is 33.8. The predicted octanol–water partition coefficient (Wildman–Crippen LogP) is 1.09. The molecule has 0 spiro atoms. The van der Waals surface area contributed by atoms with Gasteiger partial charge in [-0.05, 0) is 69.3 Å². The van der Waals surface area contributed by atoms with Crippen LogP contribution in [0.25, 0.3) is 0 Å². The molecule has 0 fully saturated rings. The van der Waals surface area contributed by atoms with E-state index >= 15 is 0 Å². The Hall–Kier alpha value is -4.85. The summed E-state index contributed by atoms with van der Waals surface area (Å²) in [6.45, 7) is 2.48. The standard InChI is InChI=1S/C42H71N7O12/c1-2-3-23-44-26-31(43)15-12-13-24-45-39(55)34(28-50)49-38(54)27-46-40(56)35(29-51)48-37(53)22-21-33(42(59)60)47-36(52)16-11-9-7-5-4-6-8-10-14-25-61-32-19-17-30(18-20-32)41(57)58/h17-20,31,33-35,44,50-51H,2-16,21-29,43H2,1H3,(H,45,55)(H,46,56)(H,47,52)(H,48,53)(H,49,54)(H,57,58)(H,59,60). The number of aliphatic hydroxyl groups is 2. The van der Waals surface area contributed by atoms with E-state index in [4.69, 9.17) is 15.6 Å². The van der Waals surface area contributed by atoms with Crippen LogP contribution >= 0.6 is 0 Å². The molecule has 0 radical (unpaired) electrons. The molecule has 0 saturated carbocycles. The molecule has 1 aromatic carbocycles. The van der Waals surface area contributed by atoms with Gasteiger partial charge in [0, 0.05) is 32.0 Å². The third-order valence-corrected chi connectivity index (χ3v) is 9.72. The van der Waals surface area contributed by atoms with Crippen molar-refractivity contribution >= 4 is 41.5 Å². The summed E-state index contributed by atoms with van der Waals surface area (Å²) in [4.78, 5) is 85.0. The summed E-state index contributed by atoms with van der Waals surface area (Å²) < 4.78 is 5.65. The van der Waals surface area contributed by atoms with E-state index in [1.54, 1.807) is 12.1 Å². The van der Waals surface area contributed by atoms with Gasteiger partial charge in [0.2, 0.25) is 29.5 Å². The quantitative estimate of drug-likeness (QED) is 0.0418. The van der Waals surface area contributed by atoms with E-state index in [9.17, 15) is 48.9 Å². The number of benzene rings is 1. The molecule has 1 rings (SSSR count). The normalized spacial score (nSPS) is 12.9. The first-order valence-electron chi connectivity index (χ1n) is 21.6. The average molecular weight is 866 g/mol. The van der Waals surface area contributed by atoms with Crippen LogP contribution in [0.15, 0.2) is 24.3 Å². The third kappa shape index (κ3) is 26.9. The van der Waals surface area contributed by atoms with Crippen molar-refractivity contribution in [3.8, 4) is 5.75 Å². The monoisotopic (exact) mass is 866 g/mol. The number of aliphatic carboxylic acids is 1. The third-order valence-electron chi connectivity index (χ3n) is 9.72. The minimum Gasteiger partial charge on any atom is -0.494 e. The van der Waals surface area contributed by atoms with Crippen LogP contribution in [0.5, 0.6) is 5.75 Å². The number of unbranched alkanes of at least 4 members (excludes halogenated alkanes) is 10. The van der Waals surface area contributed by atoms with Gasteiger partial charge in [-0.2, -0.15) is 0 Å². The van der Waals surface area contributed by atoms with Crippen LogP contribution < -0.4 is 42.4 Å². The van der Waals surface area contributed by atoms with Crippen LogP contribution in [0.2, 0.25) is 0 Å². The number of carbonyl (C=O) groups is 7. The molecule has 346 valence electrons. The number of nitrogens with one attached hydrogen (secondary N) is 6. The van der Waals surface area contributed by atoms with E-state index in [-0.39, 0.29) is 30.9 Å². The van der Waals surface area contributed by atoms with E-state index in [0.29, 0.717) is 38.3 Å². The zero-order valence-corrected chi connectivity index (χ0v) is 35.7. The highest BCUT2D eigenvalue weighted by molar-refractivity contribution is 5.93. The maximum absolute atomic E-state index is 12.6. The fourth-order valence-corrected chi connectivity index (χ4v) is 6.06. The molecule has 0 saturated heterocycles. The Bertz CT molecular complexity index is 1450. The van der Waals surface area contributed by atoms with E-state index < -0.39 is 79.4 Å². The smallest absolute Gasteiger partial charge is 0.335 e. The molecular weight excluding hydrogens is 794 g/mol. The van der Waals surface area contributed by atoms with Crippen molar-refractivity contribution in [1.29, 1.82) is 0 Å². The highest BCUT2D eigenvalue weighted by atomic mass is 16.5. The van der Waals surface area contributed by atoms with E-state index in [1.807, 2.05) is 0 Å². The summed E-state index contributed by atoms with van der Waals surface area (Å²) in [5.74, 6) is -5.21. The first-order chi connectivity index (χ1) is 29.3. The van der Waals surface area contributed by atoms with E-state index in [0.717, 1.165) is 83.6 Å². The predicted molar refractivity (Wildman–Crippen MR) is 228 cm³/mol. The summed E-state index contributed by atoms with van der Waals surface area (Å²) in [6, 6.07) is 2.24. The Morgan fingerprint density at radius 1 is 0.623 bits per heavy atom. The van der Waals surface area contributed by atoms with Crippen molar-refractivity contribution in [2.24, 2.45) is 5.73 Å². The second-order valence-electron chi connectivity index (χ2n) is 15.0. The number of carboxylic acid groups (broad SMARTS) is 2.